The van der Waals surface area contributed by atoms with E-state index >= 15 is 0 Å². The third-order valence-corrected chi connectivity index (χ3v) is 2.96. The van der Waals surface area contributed by atoms with Gasteiger partial charge in [-0.25, -0.2) is 4.39 Å². The molecule has 100 valence electrons. The lowest BCUT2D eigenvalue weighted by molar-refractivity contribution is 0.0990. The minimum atomic E-state index is -0.490. The number of benzene rings is 1. The highest BCUT2D eigenvalue weighted by atomic mass is 19.1. The molecule has 19 heavy (non-hydrogen) atoms. The molecule has 0 radical (unpaired) electrons. The van der Waals surface area contributed by atoms with Gasteiger partial charge in [-0.05, 0) is 31.5 Å². The van der Waals surface area contributed by atoms with Crippen molar-refractivity contribution in [3.05, 3.63) is 52.7 Å². The predicted octanol–water partition coefficient (Wildman–Crippen LogP) is 3.47. The fourth-order valence-corrected chi connectivity index (χ4v) is 2.03. The Balaban J connectivity index is 2.27. The largest absolute Gasteiger partial charge is 0.494 e. The average molecular weight is 262 g/mol. The van der Waals surface area contributed by atoms with E-state index in [0.717, 1.165) is 0 Å². The van der Waals surface area contributed by atoms with Crippen LogP contribution >= 0.6 is 0 Å². The molecule has 0 unspecified atom stereocenters. The van der Waals surface area contributed by atoms with Gasteiger partial charge in [0.05, 0.1) is 12.7 Å². The summed E-state index contributed by atoms with van der Waals surface area (Å²) >= 11 is 0. The summed E-state index contributed by atoms with van der Waals surface area (Å²) in [4.78, 5) is 12.1. The van der Waals surface area contributed by atoms with E-state index in [1.54, 1.807) is 32.0 Å². The molecule has 0 saturated heterocycles. The summed E-state index contributed by atoms with van der Waals surface area (Å²) in [6, 6.07) is 6.45. The molecule has 4 heteroatoms. The van der Waals surface area contributed by atoms with Crippen LogP contribution in [0.5, 0.6) is 5.75 Å². The second-order valence-electron chi connectivity index (χ2n) is 4.36. The van der Waals surface area contributed by atoms with Gasteiger partial charge in [-0.2, -0.15) is 0 Å². The third kappa shape index (κ3) is 2.67. The lowest BCUT2D eigenvalue weighted by Gasteiger charge is -2.06. The zero-order chi connectivity index (χ0) is 14.0. The zero-order valence-corrected chi connectivity index (χ0v) is 11.1. The van der Waals surface area contributed by atoms with E-state index in [4.69, 9.17) is 9.15 Å². The van der Waals surface area contributed by atoms with E-state index in [1.165, 1.54) is 13.2 Å². The van der Waals surface area contributed by atoms with E-state index in [9.17, 15) is 9.18 Å². The van der Waals surface area contributed by atoms with Crippen molar-refractivity contribution in [2.45, 2.75) is 20.3 Å². The van der Waals surface area contributed by atoms with Gasteiger partial charge in [-0.3, -0.25) is 4.79 Å². The first kappa shape index (κ1) is 13.3. The van der Waals surface area contributed by atoms with Crippen molar-refractivity contribution in [2.75, 3.05) is 7.11 Å². The highest BCUT2D eigenvalue weighted by Gasteiger charge is 2.17. The molecule has 0 aliphatic rings. The molecular weight excluding hydrogens is 247 g/mol. The molecule has 1 heterocycles. The van der Waals surface area contributed by atoms with E-state index in [2.05, 4.69) is 0 Å². The van der Waals surface area contributed by atoms with Gasteiger partial charge in [0.2, 0.25) is 0 Å². The van der Waals surface area contributed by atoms with Crippen LogP contribution in [0.3, 0.4) is 0 Å². The number of aryl methyl sites for hydroxylation is 2. The van der Waals surface area contributed by atoms with Crippen molar-refractivity contribution in [1.82, 2.24) is 0 Å². The van der Waals surface area contributed by atoms with Gasteiger partial charge < -0.3 is 9.15 Å². The molecule has 2 rings (SSSR count). The average Bonchev–Trinajstić information content (AvgIpc) is 2.71. The summed E-state index contributed by atoms with van der Waals surface area (Å²) in [5, 5.41) is 0. The minimum absolute atomic E-state index is 0.0111. The van der Waals surface area contributed by atoms with E-state index in [1.807, 2.05) is 0 Å². The zero-order valence-electron chi connectivity index (χ0n) is 11.1. The Morgan fingerprint density at radius 3 is 2.68 bits per heavy atom. The summed E-state index contributed by atoms with van der Waals surface area (Å²) in [5.41, 5.74) is 0.822. The first-order valence-electron chi connectivity index (χ1n) is 5.94. The van der Waals surface area contributed by atoms with Gasteiger partial charge in [0.15, 0.2) is 17.3 Å². The number of hydrogen-bond donors (Lipinski definition) is 0. The molecule has 3 nitrogen and oxygen atoms in total. The van der Waals surface area contributed by atoms with Crippen LogP contribution in [-0.4, -0.2) is 12.9 Å². The first-order valence-corrected chi connectivity index (χ1v) is 5.94. The lowest BCUT2D eigenvalue weighted by atomic mass is 10.0. The van der Waals surface area contributed by atoms with Crippen molar-refractivity contribution in [3.63, 3.8) is 0 Å². The quantitative estimate of drug-likeness (QED) is 0.792. The third-order valence-electron chi connectivity index (χ3n) is 2.96. The second kappa shape index (κ2) is 5.26. The number of Topliss-reactive ketones (excluding diaryl/α,β-unsaturated/α-hetero) is 1. The van der Waals surface area contributed by atoms with Crippen molar-refractivity contribution in [1.29, 1.82) is 0 Å². The van der Waals surface area contributed by atoms with Crippen molar-refractivity contribution in [3.8, 4) is 5.75 Å². The number of carbonyl (C=O) groups is 1. The van der Waals surface area contributed by atoms with E-state index < -0.39 is 5.82 Å². The molecule has 0 amide bonds. The molecule has 0 fully saturated rings. The Bertz CT molecular complexity index is 614. The van der Waals surface area contributed by atoms with Gasteiger partial charge in [-0.1, -0.05) is 12.1 Å². The monoisotopic (exact) mass is 262 g/mol. The fourth-order valence-electron chi connectivity index (χ4n) is 2.03. The number of furan rings is 1. The number of rotatable bonds is 4. The second-order valence-corrected chi connectivity index (χ2v) is 4.36. The Morgan fingerprint density at radius 1 is 1.37 bits per heavy atom. The standard InChI is InChI=1S/C15H15FO3/c1-9-7-12(10(2)19-9)13(17)8-11-5-4-6-14(18-3)15(11)16/h4-7H,8H2,1-3H3. The van der Waals surface area contributed by atoms with Crippen molar-refractivity contribution >= 4 is 5.78 Å². The van der Waals surface area contributed by atoms with Gasteiger partial charge in [0.1, 0.15) is 11.5 Å². The Labute approximate surface area is 111 Å². The molecular formula is C15H15FO3. The maximum absolute atomic E-state index is 14.0. The van der Waals surface area contributed by atoms with Crippen LogP contribution < -0.4 is 4.74 Å². The molecule has 0 N–H and O–H groups in total. The molecule has 0 spiro atoms. The molecule has 2 aromatic rings. The predicted molar refractivity (Wildman–Crippen MR) is 69.2 cm³/mol. The molecule has 0 saturated carbocycles. The number of hydrogen-bond acceptors (Lipinski definition) is 3. The highest BCUT2D eigenvalue weighted by Crippen LogP contribution is 2.22. The Hall–Kier alpha value is -2.10. The van der Waals surface area contributed by atoms with Crippen molar-refractivity contribution < 1.29 is 18.3 Å². The highest BCUT2D eigenvalue weighted by molar-refractivity contribution is 5.98. The Morgan fingerprint density at radius 2 is 2.11 bits per heavy atom. The van der Waals surface area contributed by atoms with Gasteiger partial charge in [0.25, 0.3) is 0 Å². The number of ketones is 1. The summed E-state index contributed by atoms with van der Waals surface area (Å²) in [7, 11) is 1.40. The van der Waals surface area contributed by atoms with Crippen LogP contribution in [0.25, 0.3) is 0 Å². The van der Waals surface area contributed by atoms with Crippen molar-refractivity contribution in [2.24, 2.45) is 0 Å². The molecule has 0 atom stereocenters. The van der Waals surface area contributed by atoms with E-state index in [0.29, 0.717) is 22.6 Å². The maximum atomic E-state index is 14.0. The fraction of sp³-hybridized carbons (Fsp3) is 0.267. The summed E-state index contributed by atoms with van der Waals surface area (Å²) in [6.07, 6.45) is -0.0111. The summed E-state index contributed by atoms with van der Waals surface area (Å²) < 4.78 is 24.2. The lowest BCUT2D eigenvalue weighted by Crippen LogP contribution is -2.06. The van der Waals surface area contributed by atoms with Crippen LogP contribution in [0.4, 0.5) is 4.39 Å². The topological polar surface area (TPSA) is 39.4 Å². The molecule has 0 aliphatic carbocycles. The van der Waals surface area contributed by atoms with Crippen LogP contribution in [0.15, 0.2) is 28.7 Å². The molecule has 1 aromatic heterocycles. The number of ether oxygens (including phenoxy) is 1. The van der Waals surface area contributed by atoms with Gasteiger partial charge in [-0.15, -0.1) is 0 Å². The number of halogens is 1. The number of carbonyl (C=O) groups excluding carboxylic acids is 1. The van der Waals surface area contributed by atoms with Crippen LogP contribution in [0.2, 0.25) is 0 Å². The van der Waals surface area contributed by atoms with Gasteiger partial charge >= 0.3 is 0 Å². The first-order chi connectivity index (χ1) is 9.02. The molecule has 1 aromatic carbocycles. The molecule has 0 bridgehead atoms. The maximum Gasteiger partial charge on any atom is 0.170 e. The van der Waals surface area contributed by atoms with Gasteiger partial charge in [0, 0.05) is 6.42 Å². The van der Waals surface area contributed by atoms with Crippen LogP contribution in [0, 0.1) is 19.7 Å². The summed E-state index contributed by atoms with van der Waals surface area (Å²) in [5.74, 6) is 0.723. The van der Waals surface area contributed by atoms with Crippen LogP contribution in [-0.2, 0) is 6.42 Å². The Kier molecular flexibility index (Phi) is 3.69. The molecule has 0 aliphatic heterocycles. The minimum Gasteiger partial charge on any atom is -0.494 e. The normalized spacial score (nSPS) is 10.5. The van der Waals surface area contributed by atoms with Crippen LogP contribution in [0.1, 0.15) is 27.4 Å². The smallest absolute Gasteiger partial charge is 0.170 e. The SMILES string of the molecule is COc1cccc(CC(=O)c2cc(C)oc2C)c1F. The number of methoxy groups -OCH3 is 1. The van der Waals surface area contributed by atoms with E-state index in [-0.39, 0.29) is 18.0 Å². The summed E-state index contributed by atoms with van der Waals surface area (Å²) in [6.45, 7) is 3.50.